The average molecular weight is 308 g/mol. The molecule has 0 fully saturated rings. The minimum atomic E-state index is 0. The molecule has 0 aliphatic carbocycles. The van der Waals surface area contributed by atoms with Gasteiger partial charge in [-0.1, -0.05) is 26.7 Å². The Morgan fingerprint density at radius 1 is 0.824 bits per heavy atom. The van der Waals surface area contributed by atoms with Crippen molar-refractivity contribution in [1.82, 2.24) is 0 Å². The second-order valence-electron chi connectivity index (χ2n) is 3.51. The molecule has 92 valence electrons. The van der Waals surface area contributed by atoms with E-state index in [-0.39, 0.29) is 41.1 Å². The van der Waals surface area contributed by atoms with Crippen molar-refractivity contribution in [2.24, 2.45) is 0 Å². The predicted molar refractivity (Wildman–Crippen MR) is 75.6 cm³/mol. The van der Waals surface area contributed by atoms with Crippen LogP contribution in [0, 0.1) is 21.8 Å². The molecule has 0 saturated carbocycles. The Kier molecular flexibility index (Phi) is 17.5. The van der Waals surface area contributed by atoms with E-state index in [1.807, 2.05) is 12.1 Å². The first kappa shape index (κ1) is 21.8. The van der Waals surface area contributed by atoms with Crippen molar-refractivity contribution < 1.29 is 26.2 Å². The SMILES string of the molecule is CCC[c-]1cccc1.C[c-]1cccc1.[CH3-].[CH3-].[Zr+4]. The molecule has 0 aliphatic rings. The Balaban J connectivity index is -0.000000201. The van der Waals surface area contributed by atoms with Gasteiger partial charge in [-0.2, -0.15) is 35.4 Å². The average Bonchev–Trinajstić information content (AvgIpc) is 2.79. The number of hydrogen-bond acceptors (Lipinski definition) is 0. The third kappa shape index (κ3) is 10.5. The molecule has 0 unspecified atom stereocenters. The maximum atomic E-state index is 2.20. The van der Waals surface area contributed by atoms with Crippen LogP contribution >= 0.6 is 0 Å². The van der Waals surface area contributed by atoms with Gasteiger partial charge in [-0.25, -0.2) is 24.3 Å². The fraction of sp³-hybridized carbons (Fsp3) is 0.250. The van der Waals surface area contributed by atoms with Gasteiger partial charge in [0, 0.05) is 0 Å². The van der Waals surface area contributed by atoms with Gasteiger partial charge in [-0.3, -0.25) is 0 Å². The zero-order valence-electron chi connectivity index (χ0n) is 11.5. The van der Waals surface area contributed by atoms with E-state index < -0.39 is 0 Å². The largest absolute Gasteiger partial charge is 4.00 e. The maximum Gasteiger partial charge on any atom is 4.00 e. The summed E-state index contributed by atoms with van der Waals surface area (Å²) in [6.07, 6.45) is 2.48. The van der Waals surface area contributed by atoms with Gasteiger partial charge in [0.2, 0.25) is 0 Å². The molecule has 0 spiro atoms. The van der Waals surface area contributed by atoms with Crippen LogP contribution in [-0.2, 0) is 32.6 Å². The van der Waals surface area contributed by atoms with Gasteiger partial charge in [0.15, 0.2) is 0 Å². The number of aryl methyl sites for hydroxylation is 2. The molecule has 0 atom stereocenters. The summed E-state index contributed by atoms with van der Waals surface area (Å²) in [7, 11) is 0. The maximum absolute atomic E-state index is 2.20. The summed E-state index contributed by atoms with van der Waals surface area (Å²) in [4.78, 5) is 0. The Morgan fingerprint density at radius 3 is 1.53 bits per heavy atom. The van der Waals surface area contributed by atoms with Gasteiger partial charge in [-0.05, 0) is 0 Å². The topological polar surface area (TPSA) is 0 Å². The van der Waals surface area contributed by atoms with E-state index in [1.54, 1.807) is 0 Å². The minimum Gasteiger partial charge on any atom is -0.358 e. The Hall–Kier alpha value is -0.417. The van der Waals surface area contributed by atoms with Gasteiger partial charge in [0.1, 0.15) is 0 Å². The second-order valence-corrected chi connectivity index (χ2v) is 3.51. The summed E-state index contributed by atoms with van der Waals surface area (Å²) >= 11 is 0. The number of rotatable bonds is 2. The molecule has 1 heteroatoms. The van der Waals surface area contributed by atoms with Crippen molar-refractivity contribution >= 4 is 0 Å². The zero-order chi connectivity index (χ0) is 10.2. The van der Waals surface area contributed by atoms with E-state index in [0.717, 1.165) is 0 Å². The van der Waals surface area contributed by atoms with Crippen LogP contribution in [0.1, 0.15) is 24.5 Å². The van der Waals surface area contributed by atoms with Crippen molar-refractivity contribution in [1.29, 1.82) is 0 Å². The molecule has 0 amide bonds. The van der Waals surface area contributed by atoms with E-state index in [2.05, 4.69) is 50.2 Å². The molecular weight excluding hydrogens is 283 g/mol. The van der Waals surface area contributed by atoms with Crippen molar-refractivity contribution in [2.45, 2.75) is 26.7 Å². The van der Waals surface area contributed by atoms with Crippen LogP contribution in [0.4, 0.5) is 0 Å². The summed E-state index contributed by atoms with van der Waals surface area (Å²) in [5, 5.41) is 0. The molecule has 2 rings (SSSR count). The van der Waals surface area contributed by atoms with E-state index in [9.17, 15) is 0 Å². The van der Waals surface area contributed by atoms with E-state index >= 15 is 0 Å². The molecule has 0 N–H and O–H groups in total. The quantitative estimate of drug-likeness (QED) is 0.687. The van der Waals surface area contributed by atoms with Crippen LogP contribution in [0.3, 0.4) is 0 Å². The Labute approximate surface area is 127 Å². The molecule has 2 aromatic carbocycles. The molecule has 0 nitrogen and oxygen atoms in total. The predicted octanol–water partition coefficient (Wildman–Crippen LogP) is 4.97. The van der Waals surface area contributed by atoms with Crippen LogP contribution < -0.4 is 0 Å². The first-order valence-electron chi connectivity index (χ1n) is 5.22. The fourth-order valence-electron chi connectivity index (χ4n) is 1.34. The van der Waals surface area contributed by atoms with Gasteiger partial charge >= 0.3 is 26.2 Å². The first-order valence-corrected chi connectivity index (χ1v) is 5.22. The fourth-order valence-corrected chi connectivity index (χ4v) is 1.34. The van der Waals surface area contributed by atoms with Gasteiger partial charge in [0.25, 0.3) is 0 Å². The third-order valence-electron chi connectivity index (χ3n) is 2.10. The van der Waals surface area contributed by atoms with Crippen LogP contribution in [0.25, 0.3) is 0 Å². The Morgan fingerprint density at radius 2 is 1.24 bits per heavy atom. The van der Waals surface area contributed by atoms with Crippen molar-refractivity contribution in [2.75, 3.05) is 0 Å². The molecule has 0 bridgehead atoms. The van der Waals surface area contributed by atoms with Gasteiger partial charge < -0.3 is 14.9 Å². The summed E-state index contributed by atoms with van der Waals surface area (Å²) in [5.74, 6) is 0. The molecule has 0 saturated heterocycles. The van der Waals surface area contributed by atoms with Crippen molar-refractivity contribution in [3.63, 3.8) is 0 Å². The second kappa shape index (κ2) is 13.6. The van der Waals surface area contributed by atoms with Crippen LogP contribution in [0.5, 0.6) is 0 Å². The van der Waals surface area contributed by atoms with Crippen molar-refractivity contribution in [3.05, 3.63) is 74.5 Å². The molecule has 0 radical (unpaired) electrons. The molecular formula is C16H24Zr. The Bertz CT molecular complexity index is 303. The van der Waals surface area contributed by atoms with Crippen LogP contribution in [-0.4, -0.2) is 0 Å². The normalized spacial score (nSPS) is 7.65. The minimum absolute atomic E-state index is 0. The molecule has 0 aromatic heterocycles. The smallest absolute Gasteiger partial charge is 0.358 e. The standard InChI is InChI=1S/C8H11.C6H7.2CH3.Zr/c1-2-5-8-6-3-4-7-8;1-6-4-2-3-5-6;;;/h3-4,6-7H,2,5H2,1H3;2-5H,1H3;2*1H3;/q4*-1;+4. The van der Waals surface area contributed by atoms with E-state index in [4.69, 9.17) is 0 Å². The molecule has 0 aliphatic heterocycles. The third-order valence-corrected chi connectivity index (χ3v) is 2.10. The van der Waals surface area contributed by atoms with Crippen LogP contribution in [0.2, 0.25) is 0 Å². The monoisotopic (exact) mass is 306 g/mol. The summed E-state index contributed by atoms with van der Waals surface area (Å²) in [6, 6.07) is 16.8. The zero-order valence-corrected chi connectivity index (χ0v) is 14.0. The summed E-state index contributed by atoms with van der Waals surface area (Å²) in [6.45, 7) is 4.28. The number of hydrogen-bond donors (Lipinski definition) is 0. The van der Waals surface area contributed by atoms with E-state index in [1.165, 1.54) is 24.0 Å². The molecule has 2 aromatic rings. The molecule has 0 heterocycles. The molecule has 17 heavy (non-hydrogen) atoms. The van der Waals surface area contributed by atoms with Crippen LogP contribution in [0.15, 0.2) is 48.5 Å². The van der Waals surface area contributed by atoms with Gasteiger partial charge in [0.05, 0.1) is 0 Å². The van der Waals surface area contributed by atoms with Gasteiger partial charge in [-0.15, -0.1) is 0 Å². The van der Waals surface area contributed by atoms with Crippen molar-refractivity contribution in [3.8, 4) is 0 Å². The van der Waals surface area contributed by atoms with E-state index in [0.29, 0.717) is 0 Å². The first-order chi connectivity index (χ1) is 6.83. The summed E-state index contributed by atoms with van der Waals surface area (Å²) < 4.78 is 0. The summed E-state index contributed by atoms with van der Waals surface area (Å²) in [5.41, 5.74) is 2.81.